The summed E-state index contributed by atoms with van der Waals surface area (Å²) in [5, 5.41) is 2.46. The minimum absolute atomic E-state index is 0.000685. The van der Waals surface area contributed by atoms with E-state index >= 15 is 0 Å². The third-order valence-corrected chi connectivity index (χ3v) is 5.85. The molecule has 9 nitrogen and oxygen atoms in total. The van der Waals surface area contributed by atoms with Crippen molar-refractivity contribution in [3.05, 3.63) is 29.4 Å². The van der Waals surface area contributed by atoms with Crippen molar-refractivity contribution in [2.24, 2.45) is 0 Å². The van der Waals surface area contributed by atoms with Crippen molar-refractivity contribution in [3.8, 4) is 22.5 Å². The van der Waals surface area contributed by atoms with Crippen LogP contribution in [0.25, 0.3) is 10.7 Å². The minimum Gasteiger partial charge on any atom is -0.481 e. The predicted octanol–water partition coefficient (Wildman–Crippen LogP) is 2.65. The lowest BCUT2D eigenvalue weighted by Gasteiger charge is -2.13. The molecule has 12 heteroatoms. The molecule has 0 aromatic carbocycles. The van der Waals surface area contributed by atoms with Crippen LogP contribution in [0.5, 0.6) is 11.8 Å². The number of sulfonamides is 1. The summed E-state index contributed by atoms with van der Waals surface area (Å²) in [7, 11) is -1.20. The molecule has 3 rings (SSSR count). The van der Waals surface area contributed by atoms with E-state index in [-0.39, 0.29) is 29.0 Å². The van der Waals surface area contributed by atoms with Crippen molar-refractivity contribution in [3.63, 3.8) is 0 Å². The van der Waals surface area contributed by atoms with Crippen LogP contribution in [0.2, 0.25) is 0 Å². The molecule has 0 unspecified atom stereocenters. The lowest BCUT2D eigenvalue weighted by atomic mass is 10.2. The molecule has 28 heavy (non-hydrogen) atoms. The molecule has 0 spiro atoms. The van der Waals surface area contributed by atoms with E-state index in [9.17, 15) is 12.8 Å². The number of rotatable bonds is 9. The molecular formula is C16H18FN5O4S2. The van der Waals surface area contributed by atoms with Gasteiger partial charge in [0, 0.05) is 17.8 Å². The Morgan fingerprint density at radius 3 is 2.54 bits per heavy atom. The van der Waals surface area contributed by atoms with Crippen LogP contribution < -0.4 is 14.2 Å². The Morgan fingerprint density at radius 2 is 1.96 bits per heavy atom. The van der Waals surface area contributed by atoms with Gasteiger partial charge in [-0.05, 0) is 18.9 Å². The maximum absolute atomic E-state index is 12.7. The SMILES string of the molecule is COc1nc(NS(=O)(=O)c2c[nH]c(-c3nccs3)c2)nc(OC)c1CCCF. The molecule has 3 aromatic rings. The number of hydrogen-bond acceptors (Lipinski definition) is 8. The van der Waals surface area contributed by atoms with E-state index in [1.54, 1.807) is 11.6 Å². The summed E-state index contributed by atoms with van der Waals surface area (Å²) in [4.78, 5) is 15.2. The van der Waals surface area contributed by atoms with Gasteiger partial charge in [-0.3, -0.25) is 4.39 Å². The van der Waals surface area contributed by atoms with Crippen molar-refractivity contribution in [1.29, 1.82) is 0 Å². The first-order valence-corrected chi connectivity index (χ1v) is 10.5. The van der Waals surface area contributed by atoms with Gasteiger partial charge in [0.15, 0.2) is 0 Å². The fourth-order valence-electron chi connectivity index (χ4n) is 2.47. The first kappa shape index (κ1) is 20.0. The summed E-state index contributed by atoms with van der Waals surface area (Å²) in [6.45, 7) is -0.518. The molecule has 150 valence electrons. The van der Waals surface area contributed by atoms with E-state index in [0.29, 0.717) is 22.7 Å². The highest BCUT2D eigenvalue weighted by Gasteiger charge is 2.22. The van der Waals surface area contributed by atoms with E-state index in [1.165, 1.54) is 37.8 Å². The highest BCUT2D eigenvalue weighted by molar-refractivity contribution is 7.92. The topological polar surface area (TPSA) is 119 Å². The second kappa shape index (κ2) is 8.52. The quantitative estimate of drug-likeness (QED) is 0.539. The van der Waals surface area contributed by atoms with Gasteiger partial charge in [0.25, 0.3) is 10.0 Å². The molecule has 0 bridgehead atoms. The Kier molecular flexibility index (Phi) is 6.09. The Hall–Kier alpha value is -2.73. The largest absolute Gasteiger partial charge is 0.481 e. The van der Waals surface area contributed by atoms with Gasteiger partial charge in [0.1, 0.15) is 9.90 Å². The fourth-order valence-corrected chi connectivity index (χ4v) is 4.03. The normalized spacial score (nSPS) is 11.4. The summed E-state index contributed by atoms with van der Waals surface area (Å²) in [5.74, 6) is 0.0285. The van der Waals surface area contributed by atoms with Crippen LogP contribution in [-0.4, -0.2) is 49.2 Å². The number of nitrogens with one attached hydrogen (secondary N) is 2. The first-order chi connectivity index (χ1) is 13.5. The van der Waals surface area contributed by atoms with Crippen molar-refractivity contribution < 1.29 is 22.3 Å². The number of hydrogen-bond donors (Lipinski definition) is 2. The number of aromatic nitrogens is 4. The average Bonchev–Trinajstić information content (AvgIpc) is 3.37. The molecule has 0 aliphatic rings. The molecule has 0 aliphatic carbocycles. The van der Waals surface area contributed by atoms with E-state index < -0.39 is 16.7 Å². The number of thiazole rings is 1. The molecule has 0 aliphatic heterocycles. The van der Waals surface area contributed by atoms with Crippen molar-refractivity contribution in [1.82, 2.24) is 19.9 Å². The van der Waals surface area contributed by atoms with Crippen LogP contribution in [0.4, 0.5) is 10.3 Å². The number of ether oxygens (including phenoxy) is 2. The van der Waals surface area contributed by atoms with Crippen molar-refractivity contribution in [2.45, 2.75) is 17.7 Å². The number of methoxy groups -OCH3 is 2. The molecule has 0 radical (unpaired) electrons. The van der Waals surface area contributed by atoms with E-state index in [0.717, 1.165) is 0 Å². The highest BCUT2D eigenvalue weighted by Crippen LogP contribution is 2.29. The zero-order chi connectivity index (χ0) is 20.1. The Morgan fingerprint density at radius 1 is 1.25 bits per heavy atom. The average molecular weight is 427 g/mol. The van der Waals surface area contributed by atoms with Gasteiger partial charge < -0.3 is 14.5 Å². The van der Waals surface area contributed by atoms with Crippen LogP contribution in [0.3, 0.4) is 0 Å². The lowest BCUT2D eigenvalue weighted by molar-refractivity contribution is 0.360. The van der Waals surface area contributed by atoms with Gasteiger partial charge in [-0.15, -0.1) is 11.3 Å². The smallest absolute Gasteiger partial charge is 0.265 e. The number of halogens is 1. The van der Waals surface area contributed by atoms with Crippen molar-refractivity contribution >= 4 is 27.3 Å². The second-order valence-electron chi connectivity index (χ2n) is 5.53. The van der Waals surface area contributed by atoms with Gasteiger partial charge in [-0.25, -0.2) is 18.1 Å². The molecular weight excluding hydrogens is 409 g/mol. The maximum atomic E-state index is 12.7. The fraction of sp³-hybridized carbons (Fsp3) is 0.312. The van der Waals surface area contributed by atoms with E-state index in [4.69, 9.17) is 9.47 Å². The summed E-state index contributed by atoms with van der Waals surface area (Å²) in [6, 6.07) is 1.46. The molecule has 3 aromatic heterocycles. The first-order valence-electron chi connectivity index (χ1n) is 8.14. The summed E-state index contributed by atoms with van der Waals surface area (Å²) in [5.41, 5.74) is 1.05. The van der Waals surface area contributed by atoms with Crippen LogP contribution in [0, 0.1) is 0 Å². The Bertz CT molecular complexity index is 1010. The summed E-state index contributed by atoms with van der Waals surface area (Å²) >= 11 is 1.38. The van der Waals surface area contributed by atoms with Gasteiger partial charge in [-0.2, -0.15) is 9.97 Å². The second-order valence-corrected chi connectivity index (χ2v) is 8.11. The molecule has 0 amide bonds. The minimum atomic E-state index is -3.96. The summed E-state index contributed by atoms with van der Waals surface area (Å²) in [6.07, 6.45) is 3.52. The number of nitrogens with zero attached hydrogens (tertiary/aromatic N) is 3. The Balaban J connectivity index is 1.89. The van der Waals surface area contributed by atoms with Gasteiger partial charge >= 0.3 is 0 Å². The van der Waals surface area contributed by atoms with Crippen LogP contribution in [-0.2, 0) is 16.4 Å². The molecule has 2 N–H and O–H groups in total. The third kappa shape index (κ3) is 4.22. The molecule has 0 saturated carbocycles. The molecule has 0 saturated heterocycles. The third-order valence-electron chi connectivity index (χ3n) is 3.73. The number of anilines is 1. The van der Waals surface area contributed by atoms with Crippen LogP contribution >= 0.6 is 11.3 Å². The van der Waals surface area contributed by atoms with Crippen molar-refractivity contribution in [2.75, 3.05) is 25.6 Å². The maximum Gasteiger partial charge on any atom is 0.265 e. The molecule has 0 atom stereocenters. The molecule has 3 heterocycles. The van der Waals surface area contributed by atoms with Crippen LogP contribution in [0.1, 0.15) is 12.0 Å². The zero-order valence-corrected chi connectivity index (χ0v) is 16.7. The highest BCUT2D eigenvalue weighted by atomic mass is 32.2. The van der Waals surface area contributed by atoms with E-state index in [2.05, 4.69) is 24.7 Å². The summed E-state index contributed by atoms with van der Waals surface area (Å²) < 4.78 is 50.6. The van der Waals surface area contributed by atoms with Gasteiger partial charge in [0.05, 0.1) is 32.2 Å². The lowest BCUT2D eigenvalue weighted by Crippen LogP contribution is -2.16. The monoisotopic (exact) mass is 427 g/mol. The number of aromatic amines is 1. The molecule has 0 fully saturated rings. The number of H-pyrrole nitrogens is 1. The van der Waals surface area contributed by atoms with Gasteiger partial charge in [-0.1, -0.05) is 0 Å². The number of alkyl halides is 1. The predicted molar refractivity (Wildman–Crippen MR) is 102 cm³/mol. The van der Waals surface area contributed by atoms with Gasteiger partial charge in [0.2, 0.25) is 17.7 Å². The Labute approximate surface area is 165 Å². The van der Waals surface area contributed by atoms with Crippen LogP contribution in [0.15, 0.2) is 28.7 Å². The zero-order valence-electron chi connectivity index (χ0n) is 15.1. The standard InChI is InChI=1S/C16H18FN5O4S2/c1-25-13-11(4-3-5-17)14(26-2)21-16(20-13)22-28(23,24)10-8-12(19-9-10)15-18-6-7-27-15/h6-9,19H,3-5H2,1-2H3,(H,20,21,22). The van der Waals surface area contributed by atoms with E-state index in [1.807, 2.05) is 0 Å².